The molecule has 18 heteroatoms. The molecule has 58 heavy (non-hydrogen) atoms. The predicted octanol–water partition coefficient (Wildman–Crippen LogP) is 3.27. The van der Waals surface area contributed by atoms with Crippen LogP contribution in [0.25, 0.3) is 0 Å². The minimum Gasteiger partial charge on any atom is -0.487 e. The van der Waals surface area contributed by atoms with Crippen LogP contribution in [0.4, 0.5) is 0 Å². The third-order valence-electron chi connectivity index (χ3n) is 8.51. The SMILES string of the molecule is Cc1c(C)c(S(=O)(=O)NC(=N)NCCCCC(=O)NCC(=O)N[C@@H](CC(=O)OC(C)(C)C)C(=O)N[C@@H](COC(C)(C)C)C(=O)OC(C)(C)C)c(C)c2c1OC(C)(C)C2. The van der Waals surface area contributed by atoms with E-state index in [2.05, 4.69) is 26.0 Å². The Labute approximate surface area is 343 Å². The van der Waals surface area contributed by atoms with E-state index in [-0.39, 0.29) is 24.5 Å². The normalized spacial score (nSPS) is 14.9. The minimum atomic E-state index is -4.10. The summed E-state index contributed by atoms with van der Waals surface area (Å²) in [4.78, 5) is 64.8. The smallest absolute Gasteiger partial charge is 0.331 e. The lowest BCUT2D eigenvalue weighted by Gasteiger charge is -2.28. The highest BCUT2D eigenvalue weighted by Crippen LogP contribution is 2.43. The van der Waals surface area contributed by atoms with E-state index in [0.717, 1.165) is 11.1 Å². The number of carbonyl (C=O) groups excluding carboxylic acids is 5. The van der Waals surface area contributed by atoms with Crippen LogP contribution in [0.15, 0.2) is 4.90 Å². The van der Waals surface area contributed by atoms with Gasteiger partial charge in [0.2, 0.25) is 23.7 Å². The molecular formula is C40H66N6O11S. The summed E-state index contributed by atoms with van der Waals surface area (Å²) in [5.74, 6) is -3.40. The second-order valence-corrected chi connectivity index (χ2v) is 19.7. The zero-order chi connectivity index (χ0) is 44.6. The molecule has 328 valence electrons. The number of sulfonamides is 1. The number of rotatable bonds is 17. The van der Waals surface area contributed by atoms with E-state index in [0.29, 0.717) is 36.1 Å². The second-order valence-electron chi connectivity index (χ2n) is 18.1. The number of benzene rings is 1. The Morgan fingerprint density at radius 1 is 0.793 bits per heavy atom. The molecule has 1 aliphatic heterocycles. The van der Waals surface area contributed by atoms with Gasteiger partial charge in [-0.1, -0.05) is 0 Å². The molecule has 0 saturated heterocycles. The molecule has 1 aliphatic rings. The molecule has 0 aliphatic carbocycles. The van der Waals surface area contributed by atoms with Crippen molar-refractivity contribution in [2.45, 2.75) is 168 Å². The highest BCUT2D eigenvalue weighted by Gasteiger charge is 2.37. The predicted molar refractivity (Wildman–Crippen MR) is 218 cm³/mol. The highest BCUT2D eigenvalue weighted by molar-refractivity contribution is 7.90. The molecule has 2 atom stereocenters. The van der Waals surface area contributed by atoms with Crippen molar-refractivity contribution in [2.75, 3.05) is 19.7 Å². The van der Waals surface area contributed by atoms with Gasteiger partial charge in [0.25, 0.3) is 10.0 Å². The zero-order valence-corrected chi connectivity index (χ0v) is 37.5. The van der Waals surface area contributed by atoms with Crippen LogP contribution in [0.5, 0.6) is 5.75 Å². The third kappa shape index (κ3) is 16.4. The van der Waals surface area contributed by atoms with Gasteiger partial charge in [-0.15, -0.1) is 0 Å². The summed E-state index contributed by atoms with van der Waals surface area (Å²) in [5, 5.41) is 18.4. The molecule has 3 amide bonds. The lowest BCUT2D eigenvalue weighted by atomic mass is 9.94. The van der Waals surface area contributed by atoms with Crippen molar-refractivity contribution in [3.05, 3.63) is 22.3 Å². The van der Waals surface area contributed by atoms with E-state index in [4.69, 9.17) is 24.4 Å². The van der Waals surface area contributed by atoms with Crippen LogP contribution in [-0.2, 0) is 54.6 Å². The van der Waals surface area contributed by atoms with Crippen LogP contribution in [0, 0.1) is 26.2 Å². The summed E-state index contributed by atoms with van der Waals surface area (Å²) in [5.41, 5.74) is -0.182. The first-order valence-electron chi connectivity index (χ1n) is 19.4. The van der Waals surface area contributed by atoms with E-state index < -0.39 is 93.1 Å². The fraction of sp³-hybridized carbons (Fsp3) is 0.700. The van der Waals surface area contributed by atoms with Crippen LogP contribution in [0.3, 0.4) is 0 Å². The van der Waals surface area contributed by atoms with Crippen molar-refractivity contribution in [3.63, 3.8) is 0 Å². The van der Waals surface area contributed by atoms with Crippen LogP contribution in [-0.4, -0.2) is 98.2 Å². The maximum atomic E-state index is 13.5. The minimum absolute atomic E-state index is 0.00635. The number of guanidine groups is 1. The van der Waals surface area contributed by atoms with Gasteiger partial charge in [-0.3, -0.25) is 24.6 Å². The van der Waals surface area contributed by atoms with Crippen molar-refractivity contribution in [1.29, 1.82) is 5.41 Å². The number of amides is 3. The summed E-state index contributed by atoms with van der Waals surface area (Å²) < 4.78 is 51.7. The van der Waals surface area contributed by atoms with Gasteiger partial charge in [0.15, 0.2) is 6.04 Å². The van der Waals surface area contributed by atoms with Gasteiger partial charge < -0.3 is 40.2 Å². The van der Waals surface area contributed by atoms with E-state index in [1.807, 2.05) is 20.8 Å². The molecule has 0 saturated carbocycles. The van der Waals surface area contributed by atoms with Crippen molar-refractivity contribution in [2.24, 2.45) is 0 Å². The van der Waals surface area contributed by atoms with Crippen LogP contribution in [0.2, 0.25) is 0 Å². The maximum Gasteiger partial charge on any atom is 0.331 e. The average Bonchev–Trinajstić information content (AvgIpc) is 3.37. The summed E-state index contributed by atoms with van der Waals surface area (Å²) in [6, 6.07) is -2.74. The molecule has 1 heterocycles. The summed E-state index contributed by atoms with van der Waals surface area (Å²) >= 11 is 0. The van der Waals surface area contributed by atoms with Gasteiger partial charge in [-0.25, -0.2) is 17.9 Å². The van der Waals surface area contributed by atoms with E-state index >= 15 is 0 Å². The molecule has 0 fully saturated rings. The Hall–Kier alpha value is -4.45. The lowest BCUT2D eigenvalue weighted by molar-refractivity contribution is -0.162. The van der Waals surface area contributed by atoms with E-state index in [1.54, 1.807) is 76.2 Å². The molecule has 1 aromatic rings. The molecule has 0 spiro atoms. The third-order valence-corrected chi connectivity index (χ3v) is 10.1. The van der Waals surface area contributed by atoms with Crippen LogP contribution >= 0.6 is 0 Å². The number of unbranched alkanes of at least 4 members (excludes halogenated alkanes) is 1. The molecule has 0 aromatic heterocycles. The fourth-order valence-corrected chi connectivity index (χ4v) is 7.44. The Bertz CT molecular complexity index is 1820. The number of carbonyl (C=O) groups is 5. The largest absolute Gasteiger partial charge is 0.487 e. The van der Waals surface area contributed by atoms with Gasteiger partial charge in [0, 0.05) is 24.9 Å². The number of fused-ring (bicyclic) bond motifs is 1. The molecular weight excluding hydrogens is 773 g/mol. The summed E-state index contributed by atoms with van der Waals surface area (Å²) in [6.45, 7) is 23.8. The Balaban J connectivity index is 1.95. The van der Waals surface area contributed by atoms with Crippen molar-refractivity contribution in [3.8, 4) is 5.75 Å². The number of hydrogen-bond acceptors (Lipinski definition) is 12. The first-order chi connectivity index (χ1) is 26.3. The van der Waals surface area contributed by atoms with Crippen molar-refractivity contribution in [1.82, 2.24) is 26.0 Å². The molecule has 17 nitrogen and oxygen atoms in total. The molecule has 2 rings (SSSR count). The first-order valence-corrected chi connectivity index (χ1v) is 20.9. The lowest BCUT2D eigenvalue weighted by Crippen LogP contribution is -2.56. The zero-order valence-electron chi connectivity index (χ0n) is 36.7. The number of ether oxygens (including phenoxy) is 4. The number of hydrogen-bond donors (Lipinski definition) is 6. The van der Waals surface area contributed by atoms with E-state index in [1.165, 1.54) is 0 Å². The molecule has 1 aromatic carbocycles. The molecule has 0 unspecified atom stereocenters. The molecule has 0 radical (unpaired) electrons. The summed E-state index contributed by atoms with van der Waals surface area (Å²) in [7, 11) is -4.10. The first kappa shape index (κ1) is 49.7. The van der Waals surface area contributed by atoms with Crippen LogP contribution < -0.4 is 30.7 Å². The monoisotopic (exact) mass is 838 g/mol. The highest BCUT2D eigenvalue weighted by atomic mass is 32.2. The van der Waals surface area contributed by atoms with Crippen LogP contribution in [0.1, 0.15) is 124 Å². The maximum absolute atomic E-state index is 13.5. The quantitative estimate of drug-likeness (QED) is 0.0574. The topological polar surface area (TPSA) is 240 Å². The molecule has 0 bridgehead atoms. The van der Waals surface area contributed by atoms with Crippen molar-refractivity contribution < 1.29 is 51.3 Å². The Kier molecular flexibility index (Phi) is 16.7. The average molecular weight is 839 g/mol. The van der Waals surface area contributed by atoms with Gasteiger partial charge in [0.1, 0.15) is 28.6 Å². The second kappa shape index (κ2) is 19.5. The van der Waals surface area contributed by atoms with E-state index in [9.17, 15) is 32.4 Å². The number of nitrogens with one attached hydrogen (secondary N) is 6. The Morgan fingerprint density at radius 2 is 1.40 bits per heavy atom. The van der Waals surface area contributed by atoms with Gasteiger partial charge in [-0.05, 0) is 126 Å². The summed E-state index contributed by atoms with van der Waals surface area (Å²) in [6.07, 6.45) is 0.727. The van der Waals surface area contributed by atoms with Gasteiger partial charge >= 0.3 is 11.9 Å². The number of esters is 2. The van der Waals surface area contributed by atoms with Crippen molar-refractivity contribution >= 4 is 45.6 Å². The van der Waals surface area contributed by atoms with Gasteiger partial charge in [0.05, 0.1) is 30.1 Å². The fourth-order valence-electron chi connectivity index (χ4n) is 5.91. The Morgan fingerprint density at radius 3 is 1.97 bits per heavy atom. The molecule has 6 N–H and O–H groups in total. The standard InChI is InChI=1S/C40H66N6O11S/c1-23-24(2)33(25(3)26-20-40(13,14)56-32(23)26)58(52,53)46-36(41)42-18-16-15-17-29(47)43-21-30(48)44-27(19-31(49)55-38(7,8)9)34(50)45-28(22-54-37(4,5)6)35(51)57-39(10,11)12/h27-28H,15-22H2,1-14H3,(H,43,47)(H,44,48)(H,45,50)(H3,41,42,46)/t27-,28-/m0/s1. The van der Waals surface area contributed by atoms with Gasteiger partial charge in [-0.2, -0.15) is 0 Å².